The third-order valence-electron chi connectivity index (χ3n) is 4.76. The number of nitrogens with zero attached hydrogens (tertiary/aromatic N) is 3. The van der Waals surface area contributed by atoms with Gasteiger partial charge in [0, 0.05) is 23.1 Å². The van der Waals surface area contributed by atoms with Crippen LogP contribution in [0.2, 0.25) is 0 Å². The topological polar surface area (TPSA) is 97.9 Å². The number of carbonyl (C=O) groups is 1. The van der Waals surface area contributed by atoms with E-state index in [0.717, 1.165) is 23.0 Å². The van der Waals surface area contributed by atoms with Crippen LogP contribution in [0.1, 0.15) is 34.6 Å². The summed E-state index contributed by atoms with van der Waals surface area (Å²) in [4.78, 5) is 18.1. The predicted molar refractivity (Wildman–Crippen MR) is 88.5 cm³/mol. The number of aryl methyl sites for hydroxylation is 1. The maximum absolute atomic E-state index is 13.1. The van der Waals surface area contributed by atoms with Crippen LogP contribution in [-0.4, -0.2) is 49.4 Å². The maximum atomic E-state index is 13.1. The second kappa shape index (κ2) is 5.45. The van der Waals surface area contributed by atoms with E-state index in [-0.39, 0.29) is 12.5 Å². The molecule has 1 aliphatic rings. The highest BCUT2D eigenvalue weighted by Gasteiger charge is 2.39. The number of piperidine rings is 1. The van der Waals surface area contributed by atoms with Crippen LogP contribution in [0.25, 0.3) is 10.9 Å². The SMILES string of the molecule is Cc1[nH]c2ccccc2c1C(=O)N1CCCC(O)(c2cn[nH]n2)C1. The predicted octanol–water partition coefficient (Wildman–Crippen LogP) is 1.72. The first-order valence-corrected chi connectivity index (χ1v) is 8.04. The molecule has 1 fully saturated rings. The van der Waals surface area contributed by atoms with Gasteiger partial charge in [-0.25, -0.2) is 0 Å². The Labute approximate surface area is 138 Å². The average molecular weight is 325 g/mol. The molecule has 0 spiro atoms. The first-order valence-electron chi connectivity index (χ1n) is 8.04. The second-order valence-electron chi connectivity index (χ2n) is 6.39. The minimum absolute atomic E-state index is 0.0634. The number of aromatic amines is 2. The number of carbonyl (C=O) groups excluding carboxylic acids is 1. The lowest BCUT2D eigenvalue weighted by Crippen LogP contribution is -2.48. The number of nitrogens with one attached hydrogen (secondary N) is 2. The molecule has 1 aromatic carbocycles. The number of benzene rings is 1. The molecule has 1 atom stereocenters. The van der Waals surface area contributed by atoms with Crippen molar-refractivity contribution < 1.29 is 9.90 Å². The van der Waals surface area contributed by atoms with Crippen molar-refractivity contribution in [3.8, 4) is 0 Å². The summed E-state index contributed by atoms with van der Waals surface area (Å²) in [6, 6.07) is 7.77. The van der Waals surface area contributed by atoms with E-state index >= 15 is 0 Å². The highest BCUT2D eigenvalue weighted by molar-refractivity contribution is 6.08. The molecule has 1 amide bonds. The third-order valence-corrected chi connectivity index (χ3v) is 4.76. The Morgan fingerprint density at radius 2 is 2.21 bits per heavy atom. The van der Waals surface area contributed by atoms with Crippen molar-refractivity contribution in [3.63, 3.8) is 0 Å². The quantitative estimate of drug-likeness (QED) is 0.668. The molecule has 24 heavy (non-hydrogen) atoms. The van der Waals surface area contributed by atoms with Gasteiger partial charge in [0.05, 0.1) is 18.3 Å². The van der Waals surface area contributed by atoms with Gasteiger partial charge in [0.25, 0.3) is 5.91 Å². The summed E-state index contributed by atoms with van der Waals surface area (Å²) in [6.07, 6.45) is 2.80. The molecule has 1 unspecified atom stereocenters. The van der Waals surface area contributed by atoms with Crippen LogP contribution in [-0.2, 0) is 5.60 Å². The molecule has 0 radical (unpaired) electrons. The molecule has 3 heterocycles. The number of aliphatic hydroxyl groups is 1. The Morgan fingerprint density at radius 1 is 1.38 bits per heavy atom. The minimum atomic E-state index is -1.15. The standard InChI is InChI=1S/C17H19N5O2/c1-11-15(12-5-2-3-6-13(12)19-11)16(23)22-8-4-7-17(24,10-22)14-9-18-21-20-14/h2-3,5-6,9,19,24H,4,7-8,10H2,1H3,(H,18,20,21). The fraction of sp³-hybridized carbons (Fsp3) is 0.353. The number of hydrogen-bond donors (Lipinski definition) is 3. The van der Waals surface area contributed by atoms with Crippen molar-refractivity contribution in [2.75, 3.05) is 13.1 Å². The van der Waals surface area contributed by atoms with Crippen molar-refractivity contribution in [1.29, 1.82) is 0 Å². The molecule has 0 saturated carbocycles. The van der Waals surface area contributed by atoms with E-state index in [9.17, 15) is 9.90 Å². The second-order valence-corrected chi connectivity index (χ2v) is 6.39. The molecular weight excluding hydrogens is 306 g/mol. The zero-order valence-electron chi connectivity index (χ0n) is 13.4. The van der Waals surface area contributed by atoms with Crippen LogP contribution in [0, 0.1) is 6.92 Å². The molecule has 3 N–H and O–H groups in total. The van der Waals surface area contributed by atoms with Crippen LogP contribution < -0.4 is 0 Å². The van der Waals surface area contributed by atoms with E-state index in [1.54, 1.807) is 4.90 Å². The van der Waals surface area contributed by atoms with Gasteiger partial charge < -0.3 is 15.0 Å². The Bertz CT molecular complexity index is 886. The van der Waals surface area contributed by atoms with Gasteiger partial charge in [-0.05, 0) is 25.8 Å². The molecule has 7 nitrogen and oxygen atoms in total. The third kappa shape index (κ3) is 2.28. The molecule has 1 aliphatic heterocycles. The van der Waals surface area contributed by atoms with E-state index in [1.807, 2.05) is 31.2 Å². The highest BCUT2D eigenvalue weighted by Crippen LogP contribution is 2.32. The summed E-state index contributed by atoms with van der Waals surface area (Å²) in [5, 5.41) is 22.1. The lowest BCUT2D eigenvalue weighted by atomic mass is 9.89. The van der Waals surface area contributed by atoms with Crippen molar-refractivity contribution >= 4 is 16.8 Å². The molecule has 7 heteroatoms. The van der Waals surface area contributed by atoms with Gasteiger partial charge in [0.2, 0.25) is 0 Å². The van der Waals surface area contributed by atoms with Gasteiger partial charge in [0.1, 0.15) is 11.3 Å². The maximum Gasteiger partial charge on any atom is 0.256 e. The fourth-order valence-electron chi connectivity index (χ4n) is 3.55. The number of para-hydroxylation sites is 1. The molecule has 2 aromatic heterocycles. The number of amides is 1. The zero-order valence-corrected chi connectivity index (χ0v) is 13.4. The lowest BCUT2D eigenvalue weighted by Gasteiger charge is -2.38. The fourth-order valence-corrected chi connectivity index (χ4v) is 3.55. The van der Waals surface area contributed by atoms with Gasteiger partial charge in [-0.2, -0.15) is 15.4 Å². The van der Waals surface area contributed by atoms with Crippen LogP contribution in [0.3, 0.4) is 0 Å². The van der Waals surface area contributed by atoms with E-state index < -0.39 is 5.60 Å². The first kappa shape index (κ1) is 14.9. The first-order chi connectivity index (χ1) is 11.6. The van der Waals surface area contributed by atoms with Crippen LogP contribution >= 0.6 is 0 Å². The summed E-state index contributed by atoms with van der Waals surface area (Å²) in [6.45, 7) is 2.75. The lowest BCUT2D eigenvalue weighted by molar-refractivity contribution is -0.0320. The van der Waals surface area contributed by atoms with Gasteiger partial charge in [-0.3, -0.25) is 4.79 Å². The van der Waals surface area contributed by atoms with Crippen molar-refractivity contribution in [2.45, 2.75) is 25.4 Å². The van der Waals surface area contributed by atoms with Gasteiger partial charge in [-0.1, -0.05) is 18.2 Å². The van der Waals surface area contributed by atoms with Crippen LogP contribution in [0.4, 0.5) is 0 Å². The number of aromatic nitrogens is 4. The molecule has 3 aromatic rings. The molecule has 1 saturated heterocycles. The Morgan fingerprint density at radius 3 is 3.00 bits per heavy atom. The summed E-state index contributed by atoms with van der Waals surface area (Å²) in [5.41, 5.74) is 1.80. The summed E-state index contributed by atoms with van der Waals surface area (Å²) < 4.78 is 0. The zero-order chi connectivity index (χ0) is 16.7. The van der Waals surface area contributed by atoms with Crippen LogP contribution in [0.15, 0.2) is 30.5 Å². The van der Waals surface area contributed by atoms with Crippen molar-refractivity contribution in [2.24, 2.45) is 0 Å². The average Bonchev–Trinajstić information content (AvgIpc) is 3.21. The normalized spacial score (nSPS) is 21.3. The summed E-state index contributed by atoms with van der Waals surface area (Å²) >= 11 is 0. The Hall–Kier alpha value is -2.67. The molecule has 124 valence electrons. The minimum Gasteiger partial charge on any atom is -0.382 e. The monoisotopic (exact) mass is 325 g/mol. The van der Waals surface area contributed by atoms with E-state index in [2.05, 4.69) is 20.4 Å². The van der Waals surface area contributed by atoms with Gasteiger partial charge >= 0.3 is 0 Å². The van der Waals surface area contributed by atoms with Gasteiger partial charge in [0.15, 0.2) is 0 Å². The van der Waals surface area contributed by atoms with Gasteiger partial charge in [-0.15, -0.1) is 0 Å². The highest BCUT2D eigenvalue weighted by atomic mass is 16.3. The number of likely N-dealkylation sites (tertiary alicyclic amines) is 1. The number of hydrogen-bond acceptors (Lipinski definition) is 4. The molecule has 0 aliphatic carbocycles. The van der Waals surface area contributed by atoms with Crippen molar-refractivity contribution in [1.82, 2.24) is 25.3 Å². The van der Waals surface area contributed by atoms with E-state index in [4.69, 9.17) is 0 Å². The van der Waals surface area contributed by atoms with E-state index in [1.165, 1.54) is 6.20 Å². The van der Waals surface area contributed by atoms with Crippen LogP contribution in [0.5, 0.6) is 0 Å². The summed E-state index contributed by atoms with van der Waals surface area (Å²) in [7, 11) is 0. The van der Waals surface area contributed by atoms with Crippen molar-refractivity contribution in [3.05, 3.63) is 47.4 Å². The molecule has 0 bridgehead atoms. The molecular formula is C17H19N5O2. The molecule has 4 rings (SSSR count). The summed E-state index contributed by atoms with van der Waals surface area (Å²) in [5.74, 6) is -0.0634. The smallest absolute Gasteiger partial charge is 0.256 e. The Balaban J connectivity index is 1.68. The largest absolute Gasteiger partial charge is 0.382 e. The number of β-amino-alcohol motifs (C(OH)–C–C–N with tert-alkyl or cyclic N) is 1. The number of H-pyrrole nitrogens is 2. The number of rotatable bonds is 2. The Kier molecular flexibility index (Phi) is 3.38. The van der Waals surface area contributed by atoms with E-state index in [0.29, 0.717) is 24.2 Å². The number of fused-ring (bicyclic) bond motifs is 1.